The van der Waals surface area contributed by atoms with Crippen LogP contribution < -0.4 is 0 Å². The number of thiophene rings is 1. The van der Waals surface area contributed by atoms with E-state index < -0.39 is 0 Å². The Bertz CT molecular complexity index is 211. The van der Waals surface area contributed by atoms with Gasteiger partial charge in [0.1, 0.15) is 0 Å². The molecule has 0 aliphatic heterocycles. The van der Waals surface area contributed by atoms with Gasteiger partial charge < -0.3 is 0 Å². The molecule has 0 saturated carbocycles. The van der Waals surface area contributed by atoms with E-state index in [-0.39, 0.29) is 0 Å². The number of hydrogen-bond acceptors (Lipinski definition) is 1. The van der Waals surface area contributed by atoms with E-state index in [1.807, 2.05) is 25.2 Å². The predicted molar refractivity (Wildman–Crippen MR) is 63.8 cm³/mol. The van der Waals surface area contributed by atoms with Crippen LogP contribution in [0.4, 0.5) is 0 Å². The van der Waals surface area contributed by atoms with E-state index in [1.165, 1.54) is 23.3 Å². The van der Waals surface area contributed by atoms with Crippen LogP contribution in [0.3, 0.4) is 0 Å². The highest BCUT2D eigenvalue weighted by Crippen LogP contribution is 2.23. The van der Waals surface area contributed by atoms with Crippen molar-refractivity contribution < 1.29 is 0 Å². The summed E-state index contributed by atoms with van der Waals surface area (Å²) >= 11 is 1.90. The molecule has 0 N–H and O–H groups in total. The van der Waals surface area contributed by atoms with Crippen molar-refractivity contribution >= 4 is 11.3 Å². The van der Waals surface area contributed by atoms with Crippen molar-refractivity contribution in [3.8, 4) is 0 Å². The summed E-state index contributed by atoms with van der Waals surface area (Å²) in [7, 11) is 0. The maximum absolute atomic E-state index is 2.35. The summed E-state index contributed by atoms with van der Waals surface area (Å²) in [6.07, 6.45) is 2.50. The smallest absolute Gasteiger partial charge is 0.00735 e. The third kappa shape index (κ3) is 4.47. The molecule has 0 fully saturated rings. The second-order valence-electron chi connectivity index (χ2n) is 3.26. The van der Waals surface area contributed by atoms with E-state index in [9.17, 15) is 0 Å². The molecule has 0 aromatic carbocycles. The van der Waals surface area contributed by atoms with E-state index in [2.05, 4.69) is 32.2 Å². The van der Waals surface area contributed by atoms with E-state index in [1.54, 1.807) is 0 Å². The molecule has 0 aliphatic carbocycles. The van der Waals surface area contributed by atoms with Gasteiger partial charge in [-0.15, -0.1) is 11.3 Å². The van der Waals surface area contributed by atoms with Crippen molar-refractivity contribution in [3.05, 3.63) is 21.9 Å². The van der Waals surface area contributed by atoms with Crippen LogP contribution in [0.25, 0.3) is 0 Å². The molecule has 0 amide bonds. The number of rotatable bonds is 3. The zero-order valence-electron chi connectivity index (χ0n) is 9.55. The van der Waals surface area contributed by atoms with Crippen molar-refractivity contribution in [2.75, 3.05) is 0 Å². The van der Waals surface area contributed by atoms with E-state index in [0.29, 0.717) is 5.92 Å². The SMILES string of the molecule is CC.CCCc1csc(C(C)C)c1. The van der Waals surface area contributed by atoms with Gasteiger partial charge in [-0.2, -0.15) is 0 Å². The van der Waals surface area contributed by atoms with Gasteiger partial charge in [-0.25, -0.2) is 0 Å². The first-order valence-corrected chi connectivity index (χ1v) is 6.19. The Balaban J connectivity index is 0.000000671. The van der Waals surface area contributed by atoms with Gasteiger partial charge in [0.25, 0.3) is 0 Å². The first-order chi connectivity index (χ1) is 6.24. The molecule has 0 saturated heterocycles. The number of hydrogen-bond donors (Lipinski definition) is 0. The molecular weight excluding hydrogens is 176 g/mol. The summed E-state index contributed by atoms with van der Waals surface area (Å²) in [5, 5.41) is 2.29. The standard InChI is InChI=1S/C10H16S.C2H6/c1-4-5-9-6-10(8(2)3)11-7-9;1-2/h6-8H,4-5H2,1-3H3;1-2H3. The Hall–Kier alpha value is -0.300. The highest BCUT2D eigenvalue weighted by Gasteiger charge is 2.01. The molecule has 0 bridgehead atoms. The lowest BCUT2D eigenvalue weighted by molar-refractivity contribution is 0.880. The molecule has 1 aromatic rings. The maximum Gasteiger partial charge on any atom is 0.00735 e. The van der Waals surface area contributed by atoms with Gasteiger partial charge in [0.15, 0.2) is 0 Å². The first-order valence-electron chi connectivity index (χ1n) is 5.31. The molecular formula is C12H22S. The van der Waals surface area contributed by atoms with Crippen LogP contribution in [0.2, 0.25) is 0 Å². The van der Waals surface area contributed by atoms with Crippen molar-refractivity contribution in [3.63, 3.8) is 0 Å². The molecule has 1 heterocycles. The molecule has 0 nitrogen and oxygen atoms in total. The average Bonchev–Trinajstić information content (AvgIpc) is 2.57. The van der Waals surface area contributed by atoms with Crippen LogP contribution in [-0.2, 0) is 6.42 Å². The summed E-state index contributed by atoms with van der Waals surface area (Å²) < 4.78 is 0. The molecule has 0 unspecified atom stereocenters. The molecule has 1 aromatic heterocycles. The quantitative estimate of drug-likeness (QED) is 0.651. The highest BCUT2D eigenvalue weighted by atomic mass is 32.1. The van der Waals surface area contributed by atoms with Crippen molar-refractivity contribution in [1.82, 2.24) is 0 Å². The molecule has 0 atom stereocenters. The summed E-state index contributed by atoms with van der Waals surface area (Å²) in [4.78, 5) is 1.52. The van der Waals surface area contributed by atoms with Gasteiger partial charge in [-0.05, 0) is 29.3 Å². The van der Waals surface area contributed by atoms with Gasteiger partial charge in [0.05, 0.1) is 0 Å². The fourth-order valence-corrected chi connectivity index (χ4v) is 2.08. The predicted octanol–water partition coefficient (Wildman–Crippen LogP) is 4.85. The molecule has 13 heavy (non-hydrogen) atoms. The zero-order valence-corrected chi connectivity index (χ0v) is 10.4. The molecule has 1 rings (SSSR count). The Morgan fingerprint density at radius 3 is 2.31 bits per heavy atom. The van der Waals surface area contributed by atoms with Gasteiger partial charge in [-0.3, -0.25) is 0 Å². The van der Waals surface area contributed by atoms with Crippen molar-refractivity contribution in [2.45, 2.75) is 53.4 Å². The van der Waals surface area contributed by atoms with Crippen LogP contribution >= 0.6 is 11.3 Å². The first kappa shape index (κ1) is 12.7. The minimum Gasteiger partial charge on any atom is -0.148 e. The Kier molecular flexibility index (Phi) is 6.97. The van der Waals surface area contributed by atoms with Crippen molar-refractivity contribution in [1.29, 1.82) is 0 Å². The molecule has 76 valence electrons. The fraction of sp³-hybridized carbons (Fsp3) is 0.667. The third-order valence-electron chi connectivity index (χ3n) is 1.78. The van der Waals surface area contributed by atoms with Gasteiger partial charge in [0, 0.05) is 4.88 Å². The summed E-state index contributed by atoms with van der Waals surface area (Å²) in [6.45, 7) is 10.7. The lowest BCUT2D eigenvalue weighted by Crippen LogP contribution is -1.80. The molecule has 0 spiro atoms. The van der Waals surface area contributed by atoms with E-state index in [4.69, 9.17) is 0 Å². The van der Waals surface area contributed by atoms with E-state index in [0.717, 1.165) is 0 Å². The van der Waals surface area contributed by atoms with E-state index >= 15 is 0 Å². The fourth-order valence-electron chi connectivity index (χ4n) is 1.12. The zero-order chi connectivity index (χ0) is 10.3. The van der Waals surface area contributed by atoms with Gasteiger partial charge in [-0.1, -0.05) is 41.0 Å². The normalized spacial score (nSPS) is 9.69. The monoisotopic (exact) mass is 198 g/mol. The second-order valence-corrected chi connectivity index (χ2v) is 4.20. The van der Waals surface area contributed by atoms with Gasteiger partial charge in [0.2, 0.25) is 0 Å². The van der Waals surface area contributed by atoms with Crippen LogP contribution in [0.5, 0.6) is 0 Å². The molecule has 0 aliphatic rings. The minimum absolute atomic E-state index is 0.700. The lowest BCUT2D eigenvalue weighted by atomic mass is 10.1. The summed E-state index contributed by atoms with van der Waals surface area (Å²) in [5.74, 6) is 0.700. The topological polar surface area (TPSA) is 0 Å². The largest absolute Gasteiger partial charge is 0.148 e. The van der Waals surface area contributed by atoms with Crippen LogP contribution in [0, 0.1) is 0 Å². The van der Waals surface area contributed by atoms with Crippen molar-refractivity contribution in [2.24, 2.45) is 0 Å². The van der Waals surface area contributed by atoms with Crippen LogP contribution in [0.15, 0.2) is 11.4 Å². The molecule has 0 radical (unpaired) electrons. The summed E-state index contributed by atoms with van der Waals surface area (Å²) in [5.41, 5.74) is 1.52. The number of aryl methyl sites for hydroxylation is 1. The Morgan fingerprint density at radius 1 is 1.31 bits per heavy atom. The lowest BCUT2D eigenvalue weighted by Gasteiger charge is -1.97. The summed E-state index contributed by atoms with van der Waals surface area (Å²) in [6, 6.07) is 2.35. The average molecular weight is 198 g/mol. The van der Waals surface area contributed by atoms with Crippen LogP contribution in [0.1, 0.15) is 57.4 Å². The van der Waals surface area contributed by atoms with Gasteiger partial charge >= 0.3 is 0 Å². The maximum atomic E-state index is 2.35. The molecule has 1 heteroatoms. The van der Waals surface area contributed by atoms with Crippen LogP contribution in [-0.4, -0.2) is 0 Å². The third-order valence-corrected chi connectivity index (χ3v) is 3.06. The second kappa shape index (κ2) is 7.14. The minimum atomic E-state index is 0.700. The Morgan fingerprint density at radius 2 is 1.92 bits per heavy atom. The Labute approximate surface area is 87.0 Å². The highest BCUT2D eigenvalue weighted by molar-refractivity contribution is 7.10.